The van der Waals surface area contributed by atoms with Gasteiger partial charge in [0.1, 0.15) is 0 Å². The number of aliphatic carboxylic acids is 2. The van der Waals surface area contributed by atoms with Crippen LogP contribution in [0.1, 0.15) is 27.9 Å². The van der Waals surface area contributed by atoms with Gasteiger partial charge in [-0.25, -0.2) is 18.4 Å². The number of nitrogens with one attached hydrogen (secondary N) is 1. The second kappa shape index (κ2) is 12.8. The van der Waals surface area contributed by atoms with E-state index in [4.69, 9.17) is 20.1 Å². The van der Waals surface area contributed by atoms with Crippen LogP contribution < -0.4 is 10.5 Å². The van der Waals surface area contributed by atoms with E-state index < -0.39 is 28.1 Å². The van der Waals surface area contributed by atoms with Gasteiger partial charge in [-0.2, -0.15) is 13.2 Å². The molecule has 1 aromatic rings. The van der Waals surface area contributed by atoms with Gasteiger partial charge in [-0.05, 0) is 37.1 Å². The van der Waals surface area contributed by atoms with Crippen LogP contribution in [0.15, 0.2) is 17.0 Å². The second-order valence-corrected chi connectivity index (χ2v) is 10.0. The van der Waals surface area contributed by atoms with Gasteiger partial charge in [0.05, 0.1) is 11.3 Å². The molecule has 1 aromatic carbocycles. The predicted molar refractivity (Wildman–Crippen MR) is 110 cm³/mol. The fourth-order valence-corrected chi connectivity index (χ4v) is 4.57. The molecule has 0 spiro atoms. The van der Waals surface area contributed by atoms with Crippen molar-refractivity contribution >= 4 is 49.5 Å². The third kappa shape index (κ3) is 11.9. The summed E-state index contributed by atoms with van der Waals surface area (Å²) < 4.78 is 54.9. The van der Waals surface area contributed by atoms with Gasteiger partial charge in [0.25, 0.3) is 5.91 Å². The lowest BCUT2D eigenvalue weighted by Gasteiger charge is -2.11. The van der Waals surface area contributed by atoms with Gasteiger partial charge in [-0.1, -0.05) is 21.6 Å². The molecule has 0 fully saturated rings. The van der Waals surface area contributed by atoms with Crippen molar-refractivity contribution in [1.82, 2.24) is 5.32 Å². The largest absolute Gasteiger partial charge is 0.490 e. The maximum Gasteiger partial charge on any atom is 0.490 e. The molecule has 0 heterocycles. The minimum atomic E-state index is -5.08. The summed E-state index contributed by atoms with van der Waals surface area (Å²) in [7, 11) is -0.994. The molecule has 0 aliphatic carbocycles. The summed E-state index contributed by atoms with van der Waals surface area (Å²) in [5.74, 6) is -2.85. The van der Waals surface area contributed by atoms with E-state index in [1.807, 2.05) is 0 Å². The first-order valence-electron chi connectivity index (χ1n) is 8.26. The van der Waals surface area contributed by atoms with Crippen molar-refractivity contribution in [2.75, 3.05) is 18.1 Å². The average molecular weight is 507 g/mol. The quantitative estimate of drug-likeness (QED) is 0.290. The van der Waals surface area contributed by atoms with Gasteiger partial charge >= 0.3 is 18.1 Å². The molecule has 0 aliphatic rings. The summed E-state index contributed by atoms with van der Waals surface area (Å²) in [5.41, 5.74) is 1.44. The number of carbonyl (C=O) groups is 3. The lowest BCUT2D eigenvalue weighted by Crippen LogP contribution is -2.26. The zero-order valence-corrected chi connectivity index (χ0v) is 18.8. The Morgan fingerprint density at radius 1 is 1.10 bits per heavy atom. The number of nitrogens with two attached hydrogens (primary N) is 1. The Morgan fingerprint density at radius 3 is 2.06 bits per heavy atom. The van der Waals surface area contributed by atoms with Crippen molar-refractivity contribution in [3.63, 3.8) is 0 Å². The van der Waals surface area contributed by atoms with E-state index in [1.54, 1.807) is 19.9 Å². The molecule has 31 heavy (non-hydrogen) atoms. The highest BCUT2D eigenvalue weighted by Crippen LogP contribution is 2.22. The minimum Gasteiger partial charge on any atom is -0.481 e. The maximum absolute atomic E-state index is 12.1. The molecule has 15 heteroatoms. The van der Waals surface area contributed by atoms with Crippen LogP contribution >= 0.6 is 21.6 Å². The zero-order chi connectivity index (χ0) is 24.4. The highest BCUT2D eigenvalue weighted by atomic mass is 33.1. The van der Waals surface area contributed by atoms with Crippen LogP contribution in [-0.2, 0) is 19.6 Å². The molecule has 0 radical (unpaired) electrons. The van der Waals surface area contributed by atoms with Crippen molar-refractivity contribution in [3.8, 4) is 0 Å². The molecule has 9 nitrogen and oxygen atoms in total. The van der Waals surface area contributed by atoms with E-state index in [1.165, 1.54) is 27.7 Å². The molecule has 0 aromatic heterocycles. The Labute approximate surface area is 184 Å². The minimum absolute atomic E-state index is 0.0498. The normalized spacial score (nSPS) is 11.3. The number of carboxylic acids is 2. The van der Waals surface area contributed by atoms with Crippen LogP contribution in [0.25, 0.3) is 0 Å². The molecule has 0 saturated carbocycles. The van der Waals surface area contributed by atoms with Crippen LogP contribution in [0.4, 0.5) is 13.2 Å². The molecule has 0 unspecified atom stereocenters. The maximum atomic E-state index is 12.1. The van der Waals surface area contributed by atoms with Crippen LogP contribution in [0.3, 0.4) is 0 Å². The molecule has 1 rings (SSSR count). The Bertz CT molecular complexity index is 906. The van der Waals surface area contributed by atoms with E-state index in [0.29, 0.717) is 29.2 Å². The van der Waals surface area contributed by atoms with Gasteiger partial charge in [-0.3, -0.25) is 9.59 Å². The number of hydrogen-bond acceptors (Lipinski definition) is 7. The third-order valence-electron chi connectivity index (χ3n) is 3.38. The third-order valence-corrected chi connectivity index (χ3v) is 6.83. The number of alkyl halides is 3. The molecule has 0 atom stereocenters. The topological polar surface area (TPSA) is 164 Å². The lowest BCUT2D eigenvalue weighted by atomic mass is 10.1. The average Bonchev–Trinajstić information content (AvgIpc) is 2.61. The first-order chi connectivity index (χ1) is 14.1. The number of rotatable bonds is 9. The summed E-state index contributed by atoms with van der Waals surface area (Å²) in [6, 6.07) is 2.90. The first-order valence-corrected chi connectivity index (χ1v) is 12.3. The fraction of sp³-hybridized carbons (Fsp3) is 0.438. The van der Waals surface area contributed by atoms with Crippen molar-refractivity contribution in [2.45, 2.75) is 31.3 Å². The van der Waals surface area contributed by atoms with Crippen LogP contribution in [0.5, 0.6) is 0 Å². The number of amides is 1. The van der Waals surface area contributed by atoms with E-state index in [9.17, 15) is 31.2 Å². The number of benzene rings is 1. The second-order valence-electron chi connectivity index (χ2n) is 5.81. The molecular weight excluding hydrogens is 485 g/mol. The van der Waals surface area contributed by atoms with E-state index in [-0.39, 0.29) is 22.8 Å². The molecule has 5 N–H and O–H groups in total. The Balaban J connectivity index is 0.00000110. The van der Waals surface area contributed by atoms with Crippen molar-refractivity contribution in [1.29, 1.82) is 0 Å². The Kier molecular flexibility index (Phi) is 12.0. The highest BCUT2D eigenvalue weighted by molar-refractivity contribution is 8.76. The van der Waals surface area contributed by atoms with Gasteiger partial charge in [0.2, 0.25) is 10.0 Å². The standard InChI is InChI=1S/C14H20N2O5S3.C2HF3O2/c1-9-7-11(8-12(10(9)2)24(15,20)21)14(19)16-4-6-23-22-5-3-13(17)18;3-2(4,5)1(6)7/h7-8H,3-6H2,1-2H3,(H,16,19)(H,17,18)(H2,15,20,21);(H,6,7). The SMILES string of the molecule is Cc1cc(C(=O)NCCSSCCC(=O)O)cc(S(N)(=O)=O)c1C.O=C(O)C(F)(F)F. The molecular formula is C16H21F3N2O7S3. The Morgan fingerprint density at radius 2 is 1.61 bits per heavy atom. The van der Waals surface area contributed by atoms with Gasteiger partial charge in [0.15, 0.2) is 0 Å². The first kappa shape index (κ1) is 29.0. The molecule has 0 aliphatic heterocycles. The summed E-state index contributed by atoms with van der Waals surface area (Å²) in [6.07, 6.45) is -4.98. The number of hydrogen-bond donors (Lipinski definition) is 4. The van der Waals surface area contributed by atoms with Gasteiger partial charge < -0.3 is 15.5 Å². The van der Waals surface area contributed by atoms with Crippen molar-refractivity contribution in [3.05, 3.63) is 28.8 Å². The van der Waals surface area contributed by atoms with Gasteiger partial charge in [0, 0.05) is 23.6 Å². The van der Waals surface area contributed by atoms with Crippen LogP contribution in [-0.4, -0.2) is 60.7 Å². The zero-order valence-electron chi connectivity index (χ0n) is 16.4. The van der Waals surface area contributed by atoms with E-state index >= 15 is 0 Å². The number of primary sulfonamides is 1. The van der Waals surface area contributed by atoms with Gasteiger partial charge in [-0.15, -0.1) is 0 Å². The summed E-state index contributed by atoms with van der Waals surface area (Å²) in [6.45, 7) is 3.75. The molecule has 176 valence electrons. The lowest BCUT2D eigenvalue weighted by molar-refractivity contribution is -0.192. The summed E-state index contributed by atoms with van der Waals surface area (Å²) in [5, 5.41) is 23.5. The van der Waals surface area contributed by atoms with Crippen LogP contribution in [0, 0.1) is 13.8 Å². The molecule has 0 bridgehead atoms. The summed E-state index contributed by atoms with van der Waals surface area (Å²) >= 11 is 0. The Hall–Kier alpha value is -1.97. The van der Waals surface area contributed by atoms with Crippen molar-refractivity contribution in [2.24, 2.45) is 5.14 Å². The number of aryl methyl sites for hydroxylation is 1. The number of carbonyl (C=O) groups excluding carboxylic acids is 1. The highest BCUT2D eigenvalue weighted by Gasteiger charge is 2.38. The molecule has 0 saturated heterocycles. The summed E-state index contributed by atoms with van der Waals surface area (Å²) in [4.78, 5) is 31.3. The number of sulfonamides is 1. The smallest absolute Gasteiger partial charge is 0.481 e. The number of carboxylic acid groups (broad SMARTS) is 2. The van der Waals surface area contributed by atoms with E-state index in [2.05, 4.69) is 5.32 Å². The predicted octanol–water partition coefficient (Wildman–Crippen LogP) is 2.17. The molecule has 1 amide bonds. The van der Waals surface area contributed by atoms with Crippen molar-refractivity contribution < 1.29 is 46.2 Å². The van der Waals surface area contributed by atoms with E-state index in [0.717, 1.165) is 0 Å². The van der Waals surface area contributed by atoms with Crippen LogP contribution in [0.2, 0.25) is 0 Å². The monoisotopic (exact) mass is 506 g/mol. The fourth-order valence-electron chi connectivity index (χ4n) is 1.81. The number of halogens is 3.